The maximum atomic E-state index is 15.2. The minimum Gasteiger partial charge on any atom is -0.493 e. The summed E-state index contributed by atoms with van der Waals surface area (Å²) in [6, 6.07) is 1.86. The van der Waals surface area contributed by atoms with Gasteiger partial charge in [0.2, 0.25) is 11.2 Å². The van der Waals surface area contributed by atoms with E-state index in [1.807, 2.05) is 0 Å². The van der Waals surface area contributed by atoms with E-state index >= 15 is 8.78 Å². The summed E-state index contributed by atoms with van der Waals surface area (Å²) >= 11 is -1.75. The molecule has 2 amide bonds. The number of hydrogen-bond acceptors (Lipinski definition) is 6. The maximum Gasteiger partial charge on any atom is 0.329 e. The highest BCUT2D eigenvalue weighted by Crippen LogP contribution is 2.42. The fourth-order valence-corrected chi connectivity index (χ4v) is 4.97. The van der Waals surface area contributed by atoms with E-state index in [4.69, 9.17) is 9.47 Å². The summed E-state index contributed by atoms with van der Waals surface area (Å²) in [6.45, 7) is 1.63. The largest absolute Gasteiger partial charge is 0.493 e. The third-order valence-electron chi connectivity index (χ3n) is 5.65. The number of fused-ring (bicyclic) bond motifs is 3. The fraction of sp³-hybridized carbons (Fsp3) is 0.318. The molecule has 186 valence electrons. The van der Waals surface area contributed by atoms with Gasteiger partial charge in [-0.25, -0.2) is 31.0 Å². The van der Waals surface area contributed by atoms with Crippen molar-refractivity contribution in [3.05, 3.63) is 41.2 Å². The molecule has 1 atom stereocenters. The van der Waals surface area contributed by atoms with E-state index in [9.17, 15) is 13.8 Å². The van der Waals surface area contributed by atoms with Crippen LogP contribution in [0.25, 0.3) is 11.0 Å². The lowest BCUT2D eigenvalue weighted by molar-refractivity contribution is 0.111. The number of benzene rings is 1. The molecule has 10 nitrogen and oxygen atoms in total. The van der Waals surface area contributed by atoms with E-state index < -0.39 is 34.5 Å². The summed E-state index contributed by atoms with van der Waals surface area (Å²) in [4.78, 5) is 31.9. The maximum absolute atomic E-state index is 15.2. The minimum atomic E-state index is -1.75. The Kier molecular flexibility index (Phi) is 6.47. The van der Waals surface area contributed by atoms with Gasteiger partial charge in [0, 0.05) is 43.9 Å². The Morgan fingerprint density at radius 2 is 1.77 bits per heavy atom. The van der Waals surface area contributed by atoms with Crippen molar-refractivity contribution in [3.63, 3.8) is 0 Å². The van der Waals surface area contributed by atoms with Gasteiger partial charge in [0.15, 0.2) is 35.1 Å². The molecule has 3 aromatic rings. The highest BCUT2D eigenvalue weighted by molar-refractivity contribution is 7.81. The lowest BCUT2D eigenvalue weighted by atomic mass is 10.1. The predicted molar refractivity (Wildman–Crippen MR) is 126 cm³/mol. The molecule has 0 saturated heterocycles. The molecule has 0 saturated carbocycles. The number of urea groups is 1. The molecule has 13 heteroatoms. The van der Waals surface area contributed by atoms with Crippen LogP contribution in [0.1, 0.15) is 23.0 Å². The van der Waals surface area contributed by atoms with Gasteiger partial charge in [-0.3, -0.25) is 14.6 Å². The monoisotopic (exact) mass is 507 g/mol. The van der Waals surface area contributed by atoms with Crippen LogP contribution in [0.4, 0.5) is 25.0 Å². The van der Waals surface area contributed by atoms with Gasteiger partial charge < -0.3 is 9.47 Å². The zero-order chi connectivity index (χ0) is 25.6. The molecule has 0 radical (unpaired) electrons. The van der Waals surface area contributed by atoms with E-state index in [0.717, 1.165) is 11.0 Å². The van der Waals surface area contributed by atoms with Gasteiger partial charge in [-0.2, -0.15) is 0 Å². The third kappa shape index (κ3) is 3.71. The summed E-state index contributed by atoms with van der Waals surface area (Å²) in [6.07, 6.45) is 1.99. The Morgan fingerprint density at radius 1 is 1.14 bits per heavy atom. The SMILES string of the molecule is CCN1C(=O)N(c2c(F)c(OC)cc(OC)c2F)Cc2cnc3c(cc(C=O)n3S(=O)N(C)C)c21. The molecular weight excluding hydrogens is 484 g/mol. The fourth-order valence-electron chi connectivity index (χ4n) is 4.07. The van der Waals surface area contributed by atoms with Crippen molar-refractivity contribution in [2.75, 3.05) is 44.7 Å². The second-order valence-corrected chi connectivity index (χ2v) is 9.32. The molecular formula is C22H23F2N5O5S. The average molecular weight is 508 g/mol. The number of anilines is 2. The molecule has 1 unspecified atom stereocenters. The zero-order valence-electron chi connectivity index (χ0n) is 19.7. The number of hydrogen-bond donors (Lipinski definition) is 0. The highest BCUT2D eigenvalue weighted by Gasteiger charge is 2.37. The molecule has 35 heavy (non-hydrogen) atoms. The van der Waals surface area contributed by atoms with Gasteiger partial charge in [-0.05, 0) is 13.0 Å². The Labute approximate surface area is 202 Å². The number of ether oxygens (including phenoxy) is 2. The van der Waals surface area contributed by atoms with Crippen LogP contribution in [-0.2, 0) is 17.7 Å². The number of halogens is 2. The number of aromatic nitrogens is 2. The summed E-state index contributed by atoms with van der Waals surface area (Å²) in [5, 5.41) is 0.416. The van der Waals surface area contributed by atoms with E-state index in [1.54, 1.807) is 21.0 Å². The van der Waals surface area contributed by atoms with Crippen molar-refractivity contribution in [1.82, 2.24) is 13.3 Å². The first kappa shape index (κ1) is 24.5. The van der Waals surface area contributed by atoms with E-state index in [1.165, 1.54) is 39.7 Å². The smallest absolute Gasteiger partial charge is 0.329 e. The predicted octanol–water partition coefficient (Wildman–Crippen LogP) is 3.10. The summed E-state index contributed by atoms with van der Waals surface area (Å²) < 4.78 is 55.9. The minimum absolute atomic E-state index is 0.105. The van der Waals surface area contributed by atoms with Crippen molar-refractivity contribution in [3.8, 4) is 11.5 Å². The third-order valence-corrected chi connectivity index (χ3v) is 6.97. The van der Waals surface area contributed by atoms with Crippen molar-refractivity contribution in [2.24, 2.45) is 0 Å². The number of nitrogens with zero attached hydrogens (tertiary/aromatic N) is 5. The summed E-state index contributed by atoms with van der Waals surface area (Å²) in [5.41, 5.74) is 0.624. The molecule has 4 rings (SSSR count). The Bertz CT molecular complexity index is 1350. The molecule has 2 aromatic heterocycles. The molecule has 1 aromatic carbocycles. The lowest BCUT2D eigenvalue weighted by Gasteiger charge is -2.37. The quantitative estimate of drug-likeness (QED) is 0.456. The van der Waals surface area contributed by atoms with Gasteiger partial charge in [-0.1, -0.05) is 0 Å². The first-order valence-electron chi connectivity index (χ1n) is 10.5. The molecule has 3 heterocycles. The van der Waals surface area contributed by atoms with Crippen molar-refractivity contribution < 1.29 is 32.1 Å². The molecule has 0 aliphatic carbocycles. The molecule has 1 aliphatic heterocycles. The summed E-state index contributed by atoms with van der Waals surface area (Å²) in [7, 11) is 5.61. The van der Waals surface area contributed by atoms with Gasteiger partial charge in [0.1, 0.15) is 5.69 Å². The van der Waals surface area contributed by atoms with Crippen LogP contribution in [-0.4, -0.2) is 64.6 Å². The number of pyridine rings is 1. The molecule has 0 spiro atoms. The second-order valence-electron chi connectivity index (χ2n) is 7.76. The molecule has 0 fully saturated rings. The first-order valence-corrected chi connectivity index (χ1v) is 11.5. The Morgan fingerprint density at radius 3 is 2.29 bits per heavy atom. The average Bonchev–Trinajstić information content (AvgIpc) is 3.22. The topological polar surface area (TPSA) is 97.2 Å². The van der Waals surface area contributed by atoms with Gasteiger partial charge in [0.25, 0.3) is 0 Å². The van der Waals surface area contributed by atoms with Gasteiger partial charge >= 0.3 is 6.03 Å². The Hall–Kier alpha value is -3.58. The summed E-state index contributed by atoms with van der Waals surface area (Å²) in [5.74, 6) is -2.67. The first-order chi connectivity index (χ1) is 16.7. The number of amides is 2. The van der Waals surface area contributed by atoms with Crippen LogP contribution in [0, 0.1) is 11.6 Å². The number of carbonyl (C=O) groups is 2. The van der Waals surface area contributed by atoms with E-state index in [0.29, 0.717) is 22.9 Å². The van der Waals surface area contributed by atoms with Crippen LogP contribution in [0.3, 0.4) is 0 Å². The normalized spacial score (nSPS) is 14.5. The molecule has 0 N–H and O–H groups in total. The zero-order valence-corrected chi connectivity index (χ0v) is 20.5. The van der Waals surface area contributed by atoms with E-state index in [2.05, 4.69) is 4.98 Å². The standard InChI is InChI=1S/C22H23F2N5O5S/c1-6-27-19-12(9-25-21-14(19)7-13(11-30)29(21)35(32)26(2)3)10-28(22(27)31)20-17(23)15(33-4)8-16(34-5)18(20)24/h7-9,11H,6,10H2,1-5H3. The van der Waals surface area contributed by atoms with Crippen LogP contribution in [0.2, 0.25) is 0 Å². The van der Waals surface area contributed by atoms with Crippen molar-refractivity contribution in [1.29, 1.82) is 0 Å². The van der Waals surface area contributed by atoms with Crippen LogP contribution in [0.15, 0.2) is 18.3 Å². The van der Waals surface area contributed by atoms with Crippen LogP contribution < -0.4 is 19.3 Å². The number of rotatable bonds is 7. The van der Waals surface area contributed by atoms with Gasteiger partial charge in [0.05, 0.1) is 32.1 Å². The molecule has 1 aliphatic rings. The van der Waals surface area contributed by atoms with Crippen LogP contribution >= 0.6 is 0 Å². The van der Waals surface area contributed by atoms with Crippen LogP contribution in [0.5, 0.6) is 11.5 Å². The number of carbonyl (C=O) groups excluding carboxylic acids is 2. The van der Waals surface area contributed by atoms with Crippen molar-refractivity contribution >= 4 is 45.9 Å². The number of methoxy groups -OCH3 is 2. The number of aldehydes is 1. The van der Waals surface area contributed by atoms with Crippen molar-refractivity contribution in [2.45, 2.75) is 13.5 Å². The van der Waals surface area contributed by atoms with Gasteiger partial charge in [-0.15, -0.1) is 0 Å². The molecule has 0 bridgehead atoms. The lowest BCUT2D eigenvalue weighted by Crippen LogP contribution is -2.48. The second kappa shape index (κ2) is 9.23. The Balaban J connectivity index is 1.95. The van der Waals surface area contributed by atoms with E-state index in [-0.39, 0.29) is 35.9 Å². The highest BCUT2D eigenvalue weighted by atomic mass is 32.2.